The van der Waals surface area contributed by atoms with E-state index in [2.05, 4.69) is 48.1 Å². The number of piperidine rings is 1. The molecule has 20 heavy (non-hydrogen) atoms. The SMILES string of the molecule is CCCC1(C)CCCN(C(=NC)NCCCN(C)C)C1. The summed E-state index contributed by atoms with van der Waals surface area (Å²) in [7, 11) is 6.14. The Bertz CT molecular complexity index is 297. The molecular weight excluding hydrogens is 248 g/mol. The van der Waals surface area contributed by atoms with E-state index in [0.29, 0.717) is 5.41 Å². The molecule has 0 radical (unpaired) electrons. The second kappa shape index (κ2) is 8.50. The molecule has 1 atom stereocenters. The fraction of sp³-hybridized carbons (Fsp3) is 0.938. The third-order valence-corrected chi connectivity index (χ3v) is 4.21. The molecule has 1 aliphatic rings. The molecule has 1 heterocycles. The summed E-state index contributed by atoms with van der Waals surface area (Å²) in [5, 5.41) is 3.52. The molecule has 118 valence electrons. The first-order valence-electron chi connectivity index (χ1n) is 8.11. The molecule has 0 aliphatic carbocycles. The maximum Gasteiger partial charge on any atom is 0.193 e. The zero-order valence-corrected chi connectivity index (χ0v) is 14.2. The van der Waals surface area contributed by atoms with Crippen molar-refractivity contribution in [2.24, 2.45) is 10.4 Å². The minimum atomic E-state index is 0.467. The van der Waals surface area contributed by atoms with Crippen LogP contribution in [0.15, 0.2) is 4.99 Å². The zero-order valence-electron chi connectivity index (χ0n) is 14.2. The minimum Gasteiger partial charge on any atom is -0.356 e. The molecule has 0 aromatic carbocycles. The van der Waals surface area contributed by atoms with Crippen molar-refractivity contribution in [1.29, 1.82) is 0 Å². The number of aliphatic imine (C=N–C) groups is 1. The van der Waals surface area contributed by atoms with Crippen LogP contribution in [-0.2, 0) is 0 Å². The van der Waals surface area contributed by atoms with Crippen LogP contribution in [-0.4, -0.2) is 63.1 Å². The Morgan fingerprint density at radius 3 is 2.75 bits per heavy atom. The van der Waals surface area contributed by atoms with Crippen LogP contribution in [0.5, 0.6) is 0 Å². The second-order valence-electron chi connectivity index (χ2n) is 6.72. The van der Waals surface area contributed by atoms with E-state index in [1.807, 2.05) is 7.05 Å². The van der Waals surface area contributed by atoms with Gasteiger partial charge in [-0.15, -0.1) is 0 Å². The fourth-order valence-corrected chi connectivity index (χ4v) is 3.23. The van der Waals surface area contributed by atoms with Gasteiger partial charge < -0.3 is 15.1 Å². The lowest BCUT2D eigenvalue weighted by molar-refractivity contribution is 0.142. The van der Waals surface area contributed by atoms with E-state index < -0.39 is 0 Å². The van der Waals surface area contributed by atoms with Crippen molar-refractivity contribution in [3.8, 4) is 0 Å². The van der Waals surface area contributed by atoms with Crippen LogP contribution in [0.25, 0.3) is 0 Å². The molecule has 1 unspecified atom stereocenters. The highest BCUT2D eigenvalue weighted by molar-refractivity contribution is 5.80. The standard InChI is InChI=1S/C16H34N4/c1-6-9-16(2)10-7-13-20(14-16)15(17-3)18-11-8-12-19(4)5/h6-14H2,1-5H3,(H,17,18). The Morgan fingerprint density at radius 2 is 2.15 bits per heavy atom. The summed E-state index contributed by atoms with van der Waals surface area (Å²) >= 11 is 0. The average molecular weight is 282 g/mol. The van der Waals surface area contributed by atoms with Crippen LogP contribution in [0.3, 0.4) is 0 Å². The first-order valence-corrected chi connectivity index (χ1v) is 8.11. The molecule has 1 saturated heterocycles. The van der Waals surface area contributed by atoms with E-state index in [1.54, 1.807) is 0 Å². The Labute approximate surface area is 125 Å². The van der Waals surface area contributed by atoms with Gasteiger partial charge in [-0.05, 0) is 51.7 Å². The normalized spacial score (nSPS) is 24.3. The predicted octanol–water partition coefficient (Wildman–Crippen LogP) is 2.42. The van der Waals surface area contributed by atoms with Crippen LogP contribution < -0.4 is 5.32 Å². The molecule has 0 amide bonds. The lowest BCUT2D eigenvalue weighted by atomic mass is 9.78. The van der Waals surface area contributed by atoms with Crippen molar-refractivity contribution < 1.29 is 0 Å². The fourth-order valence-electron chi connectivity index (χ4n) is 3.23. The van der Waals surface area contributed by atoms with Gasteiger partial charge in [0.25, 0.3) is 0 Å². The van der Waals surface area contributed by atoms with Crippen LogP contribution >= 0.6 is 0 Å². The first kappa shape index (κ1) is 17.3. The number of hydrogen-bond donors (Lipinski definition) is 1. The van der Waals surface area contributed by atoms with Gasteiger partial charge in [-0.1, -0.05) is 20.3 Å². The lowest BCUT2D eigenvalue weighted by Crippen LogP contribution is -2.50. The van der Waals surface area contributed by atoms with Crippen LogP contribution in [0.1, 0.15) is 46.0 Å². The Kier molecular flexibility index (Phi) is 7.35. The topological polar surface area (TPSA) is 30.9 Å². The minimum absolute atomic E-state index is 0.467. The summed E-state index contributed by atoms with van der Waals surface area (Å²) in [4.78, 5) is 9.15. The van der Waals surface area contributed by atoms with Gasteiger partial charge in [-0.3, -0.25) is 4.99 Å². The van der Waals surface area contributed by atoms with Gasteiger partial charge in [0.1, 0.15) is 0 Å². The molecule has 4 nitrogen and oxygen atoms in total. The van der Waals surface area contributed by atoms with Crippen LogP contribution in [0, 0.1) is 5.41 Å². The zero-order chi connectivity index (χ0) is 15.0. The summed E-state index contributed by atoms with van der Waals surface area (Å²) in [6, 6.07) is 0. The van der Waals surface area contributed by atoms with Crippen molar-refractivity contribution in [3.05, 3.63) is 0 Å². The molecule has 0 bridgehead atoms. The number of nitrogens with zero attached hydrogens (tertiary/aromatic N) is 3. The highest BCUT2D eigenvalue weighted by atomic mass is 15.3. The number of rotatable bonds is 6. The molecule has 4 heteroatoms. The molecule has 1 fully saturated rings. The lowest BCUT2D eigenvalue weighted by Gasteiger charge is -2.42. The first-order chi connectivity index (χ1) is 9.50. The van der Waals surface area contributed by atoms with Gasteiger partial charge in [0.05, 0.1) is 0 Å². The maximum absolute atomic E-state index is 4.47. The van der Waals surface area contributed by atoms with E-state index in [1.165, 1.54) is 25.7 Å². The third-order valence-electron chi connectivity index (χ3n) is 4.21. The van der Waals surface area contributed by atoms with Gasteiger partial charge in [-0.25, -0.2) is 0 Å². The Hall–Kier alpha value is -0.770. The van der Waals surface area contributed by atoms with Crippen molar-refractivity contribution in [1.82, 2.24) is 15.1 Å². The van der Waals surface area contributed by atoms with E-state index in [9.17, 15) is 0 Å². The van der Waals surface area contributed by atoms with Crippen molar-refractivity contribution in [2.45, 2.75) is 46.0 Å². The molecule has 0 saturated carbocycles. The van der Waals surface area contributed by atoms with Crippen molar-refractivity contribution in [2.75, 3.05) is 47.3 Å². The quantitative estimate of drug-likeness (QED) is 0.461. The molecule has 1 rings (SSSR count). The summed E-state index contributed by atoms with van der Waals surface area (Å²) < 4.78 is 0. The average Bonchev–Trinajstić information content (AvgIpc) is 2.38. The van der Waals surface area contributed by atoms with Gasteiger partial charge in [0, 0.05) is 26.7 Å². The summed E-state index contributed by atoms with van der Waals surface area (Å²) in [5.74, 6) is 1.09. The smallest absolute Gasteiger partial charge is 0.193 e. The Morgan fingerprint density at radius 1 is 1.40 bits per heavy atom. The highest BCUT2D eigenvalue weighted by Crippen LogP contribution is 2.33. The van der Waals surface area contributed by atoms with Crippen LogP contribution in [0.2, 0.25) is 0 Å². The monoisotopic (exact) mass is 282 g/mol. The second-order valence-corrected chi connectivity index (χ2v) is 6.72. The molecular formula is C16H34N4. The number of likely N-dealkylation sites (tertiary alicyclic amines) is 1. The highest BCUT2D eigenvalue weighted by Gasteiger charge is 2.31. The summed E-state index contributed by atoms with van der Waals surface area (Å²) in [6.07, 6.45) is 6.40. The molecule has 1 N–H and O–H groups in total. The van der Waals surface area contributed by atoms with Gasteiger partial charge in [-0.2, -0.15) is 0 Å². The predicted molar refractivity (Wildman–Crippen MR) is 88.4 cm³/mol. The molecule has 0 aromatic heterocycles. The maximum atomic E-state index is 4.47. The molecule has 1 aliphatic heterocycles. The van der Waals surface area contributed by atoms with E-state index in [-0.39, 0.29) is 0 Å². The van der Waals surface area contributed by atoms with Gasteiger partial charge >= 0.3 is 0 Å². The van der Waals surface area contributed by atoms with E-state index >= 15 is 0 Å². The number of hydrogen-bond acceptors (Lipinski definition) is 2. The van der Waals surface area contributed by atoms with Crippen molar-refractivity contribution in [3.63, 3.8) is 0 Å². The van der Waals surface area contributed by atoms with Gasteiger partial charge in [0.15, 0.2) is 5.96 Å². The summed E-state index contributed by atoms with van der Waals surface area (Å²) in [6.45, 7) is 9.14. The Balaban J connectivity index is 2.44. The summed E-state index contributed by atoms with van der Waals surface area (Å²) in [5.41, 5.74) is 0.467. The number of guanidine groups is 1. The van der Waals surface area contributed by atoms with Crippen molar-refractivity contribution >= 4 is 5.96 Å². The third kappa shape index (κ3) is 5.70. The van der Waals surface area contributed by atoms with Gasteiger partial charge in [0.2, 0.25) is 0 Å². The largest absolute Gasteiger partial charge is 0.356 e. The van der Waals surface area contributed by atoms with E-state index in [0.717, 1.165) is 38.6 Å². The number of nitrogens with one attached hydrogen (secondary N) is 1. The molecule has 0 spiro atoms. The molecule has 0 aromatic rings. The van der Waals surface area contributed by atoms with Crippen LogP contribution in [0.4, 0.5) is 0 Å². The van der Waals surface area contributed by atoms with E-state index in [4.69, 9.17) is 0 Å².